The Bertz CT molecular complexity index is 597. The van der Waals surface area contributed by atoms with Gasteiger partial charge in [0, 0.05) is 18.1 Å². The van der Waals surface area contributed by atoms with Gasteiger partial charge in [-0.15, -0.1) is 0 Å². The van der Waals surface area contributed by atoms with Gasteiger partial charge in [-0.25, -0.2) is 4.39 Å². The normalized spacial score (nSPS) is 18.2. The third kappa shape index (κ3) is 5.46. The van der Waals surface area contributed by atoms with E-state index in [2.05, 4.69) is 10.6 Å². The van der Waals surface area contributed by atoms with Crippen molar-refractivity contribution < 1.29 is 14.0 Å². The van der Waals surface area contributed by atoms with Gasteiger partial charge >= 0.3 is 0 Å². The van der Waals surface area contributed by atoms with Crippen molar-refractivity contribution in [3.05, 3.63) is 29.0 Å². The highest BCUT2D eigenvalue weighted by molar-refractivity contribution is 6.30. The fourth-order valence-corrected chi connectivity index (χ4v) is 2.96. The van der Waals surface area contributed by atoms with Crippen LogP contribution in [0.4, 0.5) is 10.1 Å². The lowest BCUT2D eigenvalue weighted by molar-refractivity contribution is -0.127. The van der Waals surface area contributed by atoms with Crippen LogP contribution in [0.1, 0.15) is 26.2 Å². The predicted octanol–water partition coefficient (Wildman–Crippen LogP) is 2.66. The molecule has 0 unspecified atom stereocenters. The highest BCUT2D eigenvalue weighted by atomic mass is 35.5. The minimum absolute atomic E-state index is 0.0443. The summed E-state index contributed by atoms with van der Waals surface area (Å²) in [5.74, 6) is -0.891. The van der Waals surface area contributed by atoms with Gasteiger partial charge in [-0.05, 0) is 44.0 Å². The zero-order valence-corrected chi connectivity index (χ0v) is 14.5. The van der Waals surface area contributed by atoms with Crippen LogP contribution in [-0.2, 0) is 9.59 Å². The van der Waals surface area contributed by atoms with Crippen LogP contribution in [0.3, 0.4) is 0 Å². The van der Waals surface area contributed by atoms with E-state index in [1.54, 1.807) is 0 Å². The second-order valence-electron chi connectivity index (χ2n) is 6.04. The Labute approximate surface area is 146 Å². The third-order valence-corrected chi connectivity index (χ3v) is 4.23. The molecule has 0 radical (unpaired) electrons. The van der Waals surface area contributed by atoms with Crippen LogP contribution in [-0.4, -0.2) is 42.9 Å². The maximum absolute atomic E-state index is 13.7. The van der Waals surface area contributed by atoms with Crippen LogP contribution in [0.15, 0.2) is 18.2 Å². The number of carbonyl (C=O) groups excluding carboxylic acids is 2. The molecular weight excluding hydrogens is 333 g/mol. The summed E-state index contributed by atoms with van der Waals surface area (Å²) in [6, 6.07) is 4.02. The lowest BCUT2D eigenvalue weighted by Crippen LogP contribution is -2.45. The number of carbonyl (C=O) groups is 2. The van der Waals surface area contributed by atoms with Crippen LogP contribution in [0.25, 0.3) is 0 Å². The predicted molar refractivity (Wildman–Crippen MR) is 92.5 cm³/mol. The molecule has 5 nitrogen and oxygen atoms in total. The second kappa shape index (κ2) is 8.99. The average molecular weight is 356 g/mol. The summed E-state index contributed by atoms with van der Waals surface area (Å²) in [6.45, 7) is 4.10. The first-order valence-corrected chi connectivity index (χ1v) is 8.62. The summed E-state index contributed by atoms with van der Waals surface area (Å²) in [6.07, 6.45) is 2.59. The smallest absolute Gasteiger partial charge is 0.238 e. The molecule has 1 aliphatic rings. The Balaban J connectivity index is 1.87. The Hall–Kier alpha value is -1.66. The summed E-state index contributed by atoms with van der Waals surface area (Å²) in [4.78, 5) is 26.1. The molecule has 2 amide bonds. The number of benzene rings is 1. The van der Waals surface area contributed by atoms with Crippen LogP contribution in [0, 0.1) is 11.7 Å². The van der Waals surface area contributed by atoms with Gasteiger partial charge < -0.3 is 10.6 Å². The lowest BCUT2D eigenvalue weighted by atomic mass is 9.97. The van der Waals surface area contributed by atoms with Gasteiger partial charge in [0.1, 0.15) is 5.82 Å². The van der Waals surface area contributed by atoms with Crippen molar-refractivity contribution in [2.45, 2.75) is 26.2 Å². The quantitative estimate of drug-likeness (QED) is 0.824. The highest BCUT2D eigenvalue weighted by Gasteiger charge is 2.26. The first-order chi connectivity index (χ1) is 11.5. The fraction of sp³-hybridized carbons (Fsp3) is 0.529. The standard InChI is InChI=1S/C17H23ClFN3O2/c1-2-7-20-17(24)12-4-3-8-22(10-12)11-16(23)21-15-9-13(18)5-6-14(15)19/h5-6,9,12H,2-4,7-8,10-11H2,1H3,(H,20,24)(H,21,23)/t12-/m1/s1. The summed E-state index contributed by atoms with van der Waals surface area (Å²) in [5.41, 5.74) is 0.0711. The molecule has 24 heavy (non-hydrogen) atoms. The van der Waals surface area contributed by atoms with Crippen molar-refractivity contribution in [1.82, 2.24) is 10.2 Å². The van der Waals surface area contributed by atoms with Crippen molar-refractivity contribution in [1.29, 1.82) is 0 Å². The van der Waals surface area contributed by atoms with E-state index in [0.717, 1.165) is 25.8 Å². The zero-order chi connectivity index (χ0) is 17.5. The third-order valence-electron chi connectivity index (χ3n) is 4.00. The molecular formula is C17H23ClFN3O2. The number of anilines is 1. The van der Waals surface area contributed by atoms with Gasteiger partial charge in [0.2, 0.25) is 11.8 Å². The molecule has 1 aromatic carbocycles. The largest absolute Gasteiger partial charge is 0.356 e. The van der Waals surface area contributed by atoms with Gasteiger partial charge in [0.15, 0.2) is 0 Å². The van der Waals surface area contributed by atoms with Gasteiger partial charge in [-0.2, -0.15) is 0 Å². The molecule has 2 N–H and O–H groups in total. The second-order valence-corrected chi connectivity index (χ2v) is 6.47. The van der Waals surface area contributed by atoms with Crippen molar-refractivity contribution in [3.8, 4) is 0 Å². The first kappa shape index (κ1) is 18.7. The highest BCUT2D eigenvalue weighted by Crippen LogP contribution is 2.20. The minimum Gasteiger partial charge on any atom is -0.356 e. The first-order valence-electron chi connectivity index (χ1n) is 8.24. The van der Waals surface area contributed by atoms with E-state index in [-0.39, 0.29) is 30.0 Å². The number of halogens is 2. The number of amides is 2. The summed E-state index contributed by atoms with van der Waals surface area (Å²) >= 11 is 5.81. The zero-order valence-electron chi connectivity index (χ0n) is 13.8. The Kier molecular flexibility index (Phi) is 6.99. The molecule has 7 heteroatoms. The summed E-state index contributed by atoms with van der Waals surface area (Å²) in [7, 11) is 0. The fourth-order valence-electron chi connectivity index (χ4n) is 2.79. The number of likely N-dealkylation sites (tertiary alicyclic amines) is 1. The van der Waals surface area contributed by atoms with E-state index in [1.807, 2.05) is 11.8 Å². The topological polar surface area (TPSA) is 61.4 Å². The molecule has 0 spiro atoms. The molecule has 1 fully saturated rings. The molecule has 1 aliphatic heterocycles. The van der Waals surface area contributed by atoms with E-state index in [1.165, 1.54) is 18.2 Å². The molecule has 1 saturated heterocycles. The van der Waals surface area contributed by atoms with Gasteiger partial charge in [0.05, 0.1) is 18.2 Å². The van der Waals surface area contributed by atoms with Crippen molar-refractivity contribution >= 4 is 29.1 Å². The monoisotopic (exact) mass is 355 g/mol. The minimum atomic E-state index is -0.525. The molecule has 132 valence electrons. The van der Waals surface area contributed by atoms with E-state index >= 15 is 0 Å². The van der Waals surface area contributed by atoms with Crippen molar-refractivity contribution in [2.75, 3.05) is 31.5 Å². The average Bonchev–Trinajstić information content (AvgIpc) is 2.56. The van der Waals surface area contributed by atoms with Crippen molar-refractivity contribution in [2.24, 2.45) is 5.92 Å². The lowest BCUT2D eigenvalue weighted by Gasteiger charge is -2.31. The molecule has 0 aromatic heterocycles. The molecule has 0 bridgehead atoms. The van der Waals surface area contributed by atoms with Crippen LogP contribution >= 0.6 is 11.6 Å². The van der Waals surface area contributed by atoms with Crippen LogP contribution in [0.5, 0.6) is 0 Å². The molecule has 2 rings (SSSR count). The Morgan fingerprint density at radius 1 is 1.42 bits per heavy atom. The van der Waals surface area contributed by atoms with Gasteiger partial charge in [-0.3, -0.25) is 14.5 Å². The van der Waals surface area contributed by atoms with Crippen molar-refractivity contribution in [3.63, 3.8) is 0 Å². The molecule has 1 aromatic rings. The number of rotatable bonds is 6. The molecule has 1 atom stereocenters. The molecule has 0 aliphatic carbocycles. The van der Waals surface area contributed by atoms with Crippen LogP contribution in [0.2, 0.25) is 5.02 Å². The maximum Gasteiger partial charge on any atom is 0.238 e. The van der Waals surface area contributed by atoms with E-state index < -0.39 is 5.82 Å². The molecule has 0 saturated carbocycles. The van der Waals surface area contributed by atoms with E-state index in [0.29, 0.717) is 18.1 Å². The number of nitrogens with zero attached hydrogens (tertiary/aromatic N) is 1. The SMILES string of the molecule is CCCNC(=O)[C@@H]1CCCN(CC(=O)Nc2cc(Cl)ccc2F)C1. The number of hydrogen-bond donors (Lipinski definition) is 2. The van der Waals surface area contributed by atoms with E-state index in [4.69, 9.17) is 11.6 Å². The van der Waals surface area contributed by atoms with Crippen LogP contribution < -0.4 is 10.6 Å². The number of hydrogen-bond acceptors (Lipinski definition) is 3. The van der Waals surface area contributed by atoms with Gasteiger partial charge in [0.25, 0.3) is 0 Å². The Morgan fingerprint density at radius 3 is 2.96 bits per heavy atom. The molecule has 1 heterocycles. The Morgan fingerprint density at radius 2 is 2.21 bits per heavy atom. The number of nitrogens with one attached hydrogen (secondary N) is 2. The maximum atomic E-state index is 13.7. The summed E-state index contributed by atoms with van der Waals surface area (Å²) < 4.78 is 13.7. The summed E-state index contributed by atoms with van der Waals surface area (Å²) in [5, 5.41) is 5.79. The number of piperidine rings is 1. The van der Waals surface area contributed by atoms with Gasteiger partial charge in [-0.1, -0.05) is 18.5 Å². The van der Waals surface area contributed by atoms with E-state index in [9.17, 15) is 14.0 Å².